The van der Waals surface area contributed by atoms with E-state index in [0.29, 0.717) is 17.4 Å². The van der Waals surface area contributed by atoms with Crippen LogP contribution in [0.15, 0.2) is 33.7 Å². The number of carbonyl (C=O) groups excluding carboxylic acids is 1. The Morgan fingerprint density at radius 2 is 1.91 bits per heavy atom. The highest BCUT2D eigenvalue weighted by atomic mass is 16.4. The number of amides is 1. The lowest BCUT2D eigenvalue weighted by atomic mass is 9.92. The predicted molar refractivity (Wildman–Crippen MR) is 83.5 cm³/mol. The van der Waals surface area contributed by atoms with Gasteiger partial charge in [-0.25, -0.2) is 4.79 Å². The van der Waals surface area contributed by atoms with Crippen LogP contribution < -0.4 is 5.76 Å². The first-order valence-corrected chi connectivity index (χ1v) is 7.79. The van der Waals surface area contributed by atoms with Gasteiger partial charge in [0.1, 0.15) is 6.54 Å². The van der Waals surface area contributed by atoms with Crippen LogP contribution in [0.3, 0.4) is 0 Å². The summed E-state index contributed by atoms with van der Waals surface area (Å²) in [5.41, 5.74) is 0.656. The van der Waals surface area contributed by atoms with Crippen molar-refractivity contribution in [2.75, 3.05) is 13.1 Å². The van der Waals surface area contributed by atoms with E-state index in [9.17, 15) is 9.59 Å². The lowest BCUT2D eigenvalue weighted by molar-refractivity contribution is -0.134. The van der Waals surface area contributed by atoms with Crippen molar-refractivity contribution in [3.63, 3.8) is 0 Å². The van der Waals surface area contributed by atoms with Gasteiger partial charge in [0.05, 0.1) is 0 Å². The van der Waals surface area contributed by atoms with Gasteiger partial charge in [-0.05, 0) is 30.4 Å². The summed E-state index contributed by atoms with van der Waals surface area (Å²) in [5, 5.41) is 4.12. The zero-order valence-electron chi connectivity index (χ0n) is 13.3. The van der Waals surface area contributed by atoms with E-state index >= 15 is 0 Å². The van der Waals surface area contributed by atoms with E-state index in [1.54, 1.807) is 24.5 Å². The predicted octanol–water partition coefficient (Wildman–Crippen LogP) is 1.40. The Bertz CT molecular complexity index is 727. The molecule has 2 atom stereocenters. The standard InChI is InChI=1S/C16H20N4O3/c1-11-7-12(2)9-19(8-11)14(21)10-20-16(22)23-15(18-20)13-3-5-17-6-4-13/h3-6,11-12H,7-10H2,1-2H3. The van der Waals surface area contributed by atoms with Gasteiger partial charge in [0, 0.05) is 31.0 Å². The minimum Gasteiger partial charge on any atom is -0.388 e. The minimum absolute atomic E-state index is 0.0904. The summed E-state index contributed by atoms with van der Waals surface area (Å²) in [6.07, 6.45) is 4.31. The highest BCUT2D eigenvalue weighted by Crippen LogP contribution is 2.21. The van der Waals surface area contributed by atoms with Gasteiger partial charge < -0.3 is 9.32 Å². The van der Waals surface area contributed by atoms with Crippen molar-refractivity contribution in [1.82, 2.24) is 19.7 Å². The molecule has 0 spiro atoms. The Balaban J connectivity index is 1.74. The smallest absolute Gasteiger partial charge is 0.388 e. The number of rotatable bonds is 3. The summed E-state index contributed by atoms with van der Waals surface area (Å²) in [4.78, 5) is 30.1. The summed E-state index contributed by atoms with van der Waals surface area (Å²) < 4.78 is 6.21. The number of pyridine rings is 1. The lowest BCUT2D eigenvalue weighted by Gasteiger charge is -2.34. The van der Waals surface area contributed by atoms with Gasteiger partial charge in [0.2, 0.25) is 11.8 Å². The molecule has 1 saturated heterocycles. The first kappa shape index (κ1) is 15.5. The number of nitrogens with zero attached hydrogens (tertiary/aromatic N) is 4. The largest absolute Gasteiger partial charge is 0.437 e. The Morgan fingerprint density at radius 3 is 2.57 bits per heavy atom. The maximum atomic E-state index is 12.4. The number of hydrogen-bond acceptors (Lipinski definition) is 5. The second-order valence-corrected chi connectivity index (χ2v) is 6.31. The fourth-order valence-electron chi connectivity index (χ4n) is 3.11. The third kappa shape index (κ3) is 3.49. The van der Waals surface area contributed by atoms with Crippen LogP contribution in [-0.2, 0) is 11.3 Å². The molecule has 1 fully saturated rings. The summed E-state index contributed by atoms with van der Waals surface area (Å²) in [7, 11) is 0. The van der Waals surface area contributed by atoms with Crippen LogP contribution in [-0.4, -0.2) is 38.7 Å². The van der Waals surface area contributed by atoms with Crippen molar-refractivity contribution < 1.29 is 9.21 Å². The van der Waals surface area contributed by atoms with Crippen molar-refractivity contribution in [2.45, 2.75) is 26.8 Å². The second-order valence-electron chi connectivity index (χ2n) is 6.31. The van der Waals surface area contributed by atoms with Gasteiger partial charge in [0.25, 0.3) is 0 Å². The molecule has 3 heterocycles. The van der Waals surface area contributed by atoms with E-state index < -0.39 is 5.76 Å². The Hall–Kier alpha value is -2.44. The molecule has 2 aromatic rings. The summed E-state index contributed by atoms with van der Waals surface area (Å²) >= 11 is 0. The van der Waals surface area contributed by atoms with E-state index in [1.165, 1.54) is 0 Å². The summed E-state index contributed by atoms with van der Waals surface area (Å²) in [6, 6.07) is 3.40. The molecule has 1 aliphatic heterocycles. The molecule has 7 nitrogen and oxygen atoms in total. The fourth-order valence-corrected chi connectivity index (χ4v) is 3.11. The number of carbonyl (C=O) groups is 1. The van der Waals surface area contributed by atoms with Gasteiger partial charge in [-0.15, -0.1) is 5.10 Å². The summed E-state index contributed by atoms with van der Waals surface area (Å²) in [6.45, 7) is 5.65. The first-order valence-electron chi connectivity index (χ1n) is 7.79. The molecule has 7 heteroatoms. The van der Waals surface area contributed by atoms with Gasteiger partial charge >= 0.3 is 5.76 Å². The maximum absolute atomic E-state index is 12.4. The second kappa shape index (κ2) is 6.36. The molecule has 0 radical (unpaired) electrons. The zero-order chi connectivity index (χ0) is 16.4. The molecule has 0 N–H and O–H groups in total. The highest BCUT2D eigenvalue weighted by Gasteiger charge is 2.26. The van der Waals surface area contributed by atoms with Crippen molar-refractivity contribution in [2.24, 2.45) is 11.8 Å². The molecule has 0 bridgehead atoms. The van der Waals surface area contributed by atoms with Crippen LogP contribution >= 0.6 is 0 Å². The Kier molecular flexibility index (Phi) is 4.27. The normalized spacial score (nSPS) is 21.4. The van der Waals surface area contributed by atoms with E-state index in [0.717, 1.165) is 24.2 Å². The van der Waals surface area contributed by atoms with E-state index in [1.807, 2.05) is 4.90 Å². The molecule has 0 aliphatic carbocycles. The third-order valence-corrected chi connectivity index (χ3v) is 4.04. The van der Waals surface area contributed by atoms with Crippen LogP contribution in [0.1, 0.15) is 20.3 Å². The van der Waals surface area contributed by atoms with Gasteiger partial charge in [0.15, 0.2) is 0 Å². The van der Waals surface area contributed by atoms with E-state index in [2.05, 4.69) is 23.9 Å². The van der Waals surface area contributed by atoms with Crippen LogP contribution in [0, 0.1) is 11.8 Å². The van der Waals surface area contributed by atoms with Crippen LogP contribution in [0.25, 0.3) is 11.5 Å². The fraction of sp³-hybridized carbons (Fsp3) is 0.500. The molecule has 3 rings (SSSR count). The van der Waals surface area contributed by atoms with Gasteiger partial charge in [-0.3, -0.25) is 9.78 Å². The monoisotopic (exact) mass is 316 g/mol. The molecular formula is C16H20N4O3. The molecule has 2 unspecified atom stereocenters. The van der Waals surface area contributed by atoms with E-state index in [-0.39, 0.29) is 18.3 Å². The quantitative estimate of drug-likeness (QED) is 0.855. The van der Waals surface area contributed by atoms with Gasteiger partial charge in [-0.2, -0.15) is 4.68 Å². The van der Waals surface area contributed by atoms with Gasteiger partial charge in [-0.1, -0.05) is 13.8 Å². The highest BCUT2D eigenvalue weighted by molar-refractivity contribution is 5.76. The SMILES string of the molecule is CC1CC(C)CN(C(=O)Cn2nc(-c3ccncc3)oc2=O)C1. The molecule has 2 aromatic heterocycles. The van der Waals surface area contributed by atoms with Crippen LogP contribution in [0.5, 0.6) is 0 Å². The number of hydrogen-bond donors (Lipinski definition) is 0. The van der Waals surface area contributed by atoms with Crippen LogP contribution in [0.4, 0.5) is 0 Å². The molecule has 0 aromatic carbocycles. The molecule has 23 heavy (non-hydrogen) atoms. The molecular weight excluding hydrogens is 296 g/mol. The Labute approximate surface area is 133 Å². The maximum Gasteiger partial charge on any atom is 0.437 e. The zero-order valence-corrected chi connectivity index (χ0v) is 13.3. The lowest BCUT2D eigenvalue weighted by Crippen LogP contribution is -2.44. The van der Waals surface area contributed by atoms with E-state index in [4.69, 9.17) is 4.42 Å². The van der Waals surface area contributed by atoms with Crippen molar-refractivity contribution >= 4 is 5.91 Å². The number of aromatic nitrogens is 3. The third-order valence-electron chi connectivity index (χ3n) is 4.04. The van der Waals surface area contributed by atoms with Crippen LogP contribution in [0.2, 0.25) is 0 Å². The summed E-state index contributed by atoms with van der Waals surface area (Å²) in [5.74, 6) is 0.433. The average molecular weight is 316 g/mol. The van der Waals surface area contributed by atoms with Crippen molar-refractivity contribution in [3.05, 3.63) is 35.1 Å². The minimum atomic E-state index is -0.622. The molecule has 122 valence electrons. The topological polar surface area (TPSA) is 81.2 Å². The molecule has 0 saturated carbocycles. The average Bonchev–Trinajstić information content (AvgIpc) is 2.88. The molecule has 1 aliphatic rings. The Morgan fingerprint density at radius 1 is 1.26 bits per heavy atom. The first-order chi connectivity index (χ1) is 11.0. The number of piperidine rings is 1. The van der Waals surface area contributed by atoms with Crippen molar-refractivity contribution in [3.8, 4) is 11.5 Å². The van der Waals surface area contributed by atoms with Crippen molar-refractivity contribution in [1.29, 1.82) is 0 Å². The number of likely N-dealkylation sites (tertiary alicyclic amines) is 1. The molecule has 1 amide bonds.